The molecule has 1 aromatic carbocycles. The van der Waals surface area contributed by atoms with Crippen molar-refractivity contribution in [1.82, 2.24) is 0 Å². The summed E-state index contributed by atoms with van der Waals surface area (Å²) in [5.41, 5.74) is 2.96. The number of aryl methyl sites for hydroxylation is 1. The first-order valence-corrected chi connectivity index (χ1v) is 6.97. The lowest BCUT2D eigenvalue weighted by Gasteiger charge is -2.09. The van der Waals surface area contributed by atoms with Gasteiger partial charge in [-0.3, -0.25) is 0 Å². The van der Waals surface area contributed by atoms with Gasteiger partial charge >= 0.3 is 0 Å². The van der Waals surface area contributed by atoms with Crippen molar-refractivity contribution in [3.63, 3.8) is 0 Å². The van der Waals surface area contributed by atoms with E-state index in [9.17, 15) is 0 Å². The van der Waals surface area contributed by atoms with Crippen molar-refractivity contribution in [3.05, 3.63) is 48.0 Å². The largest absolute Gasteiger partial charge is 0.103 e. The third-order valence-electron chi connectivity index (χ3n) is 3.53. The molecule has 94 valence electrons. The molecule has 1 unspecified atom stereocenters. The van der Waals surface area contributed by atoms with Gasteiger partial charge in [-0.15, -0.1) is 6.58 Å². The zero-order chi connectivity index (χ0) is 12.5. The fraction of sp³-hybridized carbons (Fsp3) is 0.529. The standard InChI is InChI=1S/C17H26/c1-4-6-7-8-9-10-16-11-13-17(14-12-16)15(3)5-2/h4,11-15H,1,5-10H2,2-3H3. The zero-order valence-electron chi connectivity index (χ0n) is 11.4. The summed E-state index contributed by atoms with van der Waals surface area (Å²) in [7, 11) is 0. The van der Waals surface area contributed by atoms with Crippen LogP contribution in [0.4, 0.5) is 0 Å². The molecule has 0 nitrogen and oxygen atoms in total. The molecule has 1 aromatic rings. The maximum Gasteiger partial charge on any atom is -0.0193 e. The van der Waals surface area contributed by atoms with Gasteiger partial charge in [0.15, 0.2) is 0 Å². The highest BCUT2D eigenvalue weighted by Crippen LogP contribution is 2.19. The van der Waals surface area contributed by atoms with Crippen LogP contribution in [0.25, 0.3) is 0 Å². The molecule has 0 aliphatic carbocycles. The maximum absolute atomic E-state index is 3.75. The summed E-state index contributed by atoms with van der Waals surface area (Å²) in [6.07, 6.45) is 9.52. The Balaban J connectivity index is 2.32. The highest BCUT2D eigenvalue weighted by atomic mass is 14.1. The van der Waals surface area contributed by atoms with Crippen molar-refractivity contribution >= 4 is 0 Å². The van der Waals surface area contributed by atoms with E-state index < -0.39 is 0 Å². The number of benzene rings is 1. The Bertz CT molecular complexity index is 307. The fourth-order valence-electron chi connectivity index (χ4n) is 2.04. The normalized spacial score (nSPS) is 12.4. The van der Waals surface area contributed by atoms with Gasteiger partial charge < -0.3 is 0 Å². The summed E-state index contributed by atoms with van der Waals surface area (Å²) in [4.78, 5) is 0. The van der Waals surface area contributed by atoms with E-state index in [-0.39, 0.29) is 0 Å². The van der Waals surface area contributed by atoms with Gasteiger partial charge in [-0.2, -0.15) is 0 Å². The quantitative estimate of drug-likeness (QED) is 0.409. The molecule has 1 rings (SSSR count). The number of hydrogen-bond donors (Lipinski definition) is 0. The number of rotatable bonds is 8. The lowest BCUT2D eigenvalue weighted by atomic mass is 9.96. The summed E-state index contributed by atoms with van der Waals surface area (Å²) in [6.45, 7) is 8.29. The molecule has 0 bridgehead atoms. The Labute approximate surface area is 107 Å². The van der Waals surface area contributed by atoms with Crippen LogP contribution in [0.2, 0.25) is 0 Å². The lowest BCUT2D eigenvalue weighted by Crippen LogP contribution is -1.92. The van der Waals surface area contributed by atoms with Crippen molar-refractivity contribution < 1.29 is 0 Å². The third kappa shape index (κ3) is 5.21. The molecule has 0 saturated carbocycles. The molecule has 0 spiro atoms. The molecule has 0 saturated heterocycles. The van der Waals surface area contributed by atoms with Crippen molar-refractivity contribution in [1.29, 1.82) is 0 Å². The predicted molar refractivity (Wildman–Crippen MR) is 77.5 cm³/mol. The molecule has 0 aromatic heterocycles. The Morgan fingerprint density at radius 1 is 1.12 bits per heavy atom. The van der Waals surface area contributed by atoms with Crippen LogP contribution in [0.1, 0.15) is 63.0 Å². The van der Waals surface area contributed by atoms with Gasteiger partial charge in [0, 0.05) is 0 Å². The summed E-state index contributed by atoms with van der Waals surface area (Å²) in [5, 5.41) is 0. The molecule has 0 amide bonds. The van der Waals surface area contributed by atoms with Crippen molar-refractivity contribution in [2.45, 2.75) is 58.3 Å². The number of allylic oxidation sites excluding steroid dienone is 1. The molecular formula is C17H26. The molecule has 0 fully saturated rings. The van der Waals surface area contributed by atoms with E-state index in [0.29, 0.717) is 5.92 Å². The van der Waals surface area contributed by atoms with E-state index in [1.807, 2.05) is 6.08 Å². The van der Waals surface area contributed by atoms with E-state index in [1.54, 1.807) is 0 Å². The van der Waals surface area contributed by atoms with Crippen LogP contribution < -0.4 is 0 Å². The Morgan fingerprint density at radius 3 is 2.41 bits per heavy atom. The van der Waals surface area contributed by atoms with Gasteiger partial charge in [-0.1, -0.05) is 50.6 Å². The average Bonchev–Trinajstić information content (AvgIpc) is 2.38. The highest BCUT2D eigenvalue weighted by molar-refractivity contribution is 5.25. The van der Waals surface area contributed by atoms with E-state index in [2.05, 4.69) is 44.7 Å². The SMILES string of the molecule is C=CCCCCCc1ccc(C(C)CC)cc1. The zero-order valence-corrected chi connectivity index (χ0v) is 11.4. The Kier molecular flexibility index (Phi) is 6.69. The average molecular weight is 230 g/mol. The first kappa shape index (κ1) is 14.0. The van der Waals surface area contributed by atoms with Crippen LogP contribution in [0, 0.1) is 0 Å². The minimum atomic E-state index is 0.691. The molecule has 0 heteroatoms. The monoisotopic (exact) mass is 230 g/mol. The molecule has 1 atom stereocenters. The van der Waals surface area contributed by atoms with E-state index >= 15 is 0 Å². The van der Waals surface area contributed by atoms with Gasteiger partial charge in [0.1, 0.15) is 0 Å². The van der Waals surface area contributed by atoms with Crippen LogP contribution in [0.15, 0.2) is 36.9 Å². The second-order valence-corrected chi connectivity index (χ2v) is 4.94. The van der Waals surface area contributed by atoms with Crippen LogP contribution in [0.3, 0.4) is 0 Å². The van der Waals surface area contributed by atoms with Crippen LogP contribution in [-0.4, -0.2) is 0 Å². The summed E-state index contributed by atoms with van der Waals surface area (Å²) in [5.74, 6) is 0.691. The van der Waals surface area contributed by atoms with Gasteiger partial charge in [0.05, 0.1) is 0 Å². The molecule has 17 heavy (non-hydrogen) atoms. The van der Waals surface area contributed by atoms with Crippen molar-refractivity contribution in [3.8, 4) is 0 Å². The smallest absolute Gasteiger partial charge is 0.0193 e. The highest BCUT2D eigenvalue weighted by Gasteiger charge is 2.02. The van der Waals surface area contributed by atoms with Crippen LogP contribution in [0.5, 0.6) is 0 Å². The Morgan fingerprint density at radius 2 is 1.82 bits per heavy atom. The molecule has 0 N–H and O–H groups in total. The van der Waals surface area contributed by atoms with Gasteiger partial charge in [0.2, 0.25) is 0 Å². The first-order chi connectivity index (χ1) is 8.27. The summed E-state index contributed by atoms with van der Waals surface area (Å²) >= 11 is 0. The van der Waals surface area contributed by atoms with Gasteiger partial charge in [-0.25, -0.2) is 0 Å². The van der Waals surface area contributed by atoms with Gasteiger partial charge in [0.25, 0.3) is 0 Å². The lowest BCUT2D eigenvalue weighted by molar-refractivity contribution is 0.686. The molecule has 0 aliphatic rings. The second kappa shape index (κ2) is 8.11. The minimum absolute atomic E-state index is 0.691. The maximum atomic E-state index is 3.75. The van der Waals surface area contributed by atoms with E-state index in [0.717, 1.165) is 6.42 Å². The van der Waals surface area contributed by atoms with Gasteiger partial charge in [-0.05, 0) is 49.1 Å². The number of hydrogen-bond acceptors (Lipinski definition) is 0. The fourth-order valence-corrected chi connectivity index (χ4v) is 2.04. The number of unbranched alkanes of at least 4 members (excludes halogenated alkanes) is 3. The minimum Gasteiger partial charge on any atom is -0.103 e. The molecule has 0 radical (unpaired) electrons. The second-order valence-electron chi connectivity index (χ2n) is 4.94. The Hall–Kier alpha value is -1.04. The molecular weight excluding hydrogens is 204 g/mol. The van der Waals surface area contributed by atoms with E-state index in [4.69, 9.17) is 0 Å². The van der Waals surface area contributed by atoms with Crippen LogP contribution >= 0.6 is 0 Å². The topological polar surface area (TPSA) is 0 Å². The molecule has 0 aliphatic heterocycles. The first-order valence-electron chi connectivity index (χ1n) is 6.97. The van der Waals surface area contributed by atoms with Crippen molar-refractivity contribution in [2.24, 2.45) is 0 Å². The third-order valence-corrected chi connectivity index (χ3v) is 3.53. The predicted octanol–water partition coefficient (Wildman–Crippen LogP) is 5.49. The summed E-state index contributed by atoms with van der Waals surface area (Å²) in [6, 6.07) is 9.20. The molecule has 0 heterocycles. The van der Waals surface area contributed by atoms with E-state index in [1.165, 1.54) is 43.2 Å². The van der Waals surface area contributed by atoms with Crippen molar-refractivity contribution in [2.75, 3.05) is 0 Å². The summed E-state index contributed by atoms with van der Waals surface area (Å²) < 4.78 is 0. The van der Waals surface area contributed by atoms with Crippen LogP contribution in [-0.2, 0) is 6.42 Å².